The molecular weight excluding hydrogens is 324 g/mol. The first kappa shape index (κ1) is 18.4. The Morgan fingerprint density at radius 1 is 1.08 bits per heavy atom. The molecule has 0 bridgehead atoms. The zero-order chi connectivity index (χ0) is 18.4. The number of hydrogen-bond donors (Lipinski definition) is 1. The number of Topliss-reactive ketones (excluding diaryl/α,β-unsaturated/α-hetero) is 1. The van der Waals surface area contributed by atoms with Crippen LogP contribution in [-0.4, -0.2) is 45.2 Å². The van der Waals surface area contributed by atoms with E-state index in [1.807, 2.05) is 74.6 Å². The maximum atomic E-state index is 13.1. The minimum absolute atomic E-state index is 0.0263. The Hall–Kier alpha value is -2.43. The van der Waals surface area contributed by atoms with Crippen LogP contribution in [0.4, 0.5) is 5.69 Å². The molecule has 0 aliphatic carbocycles. The Labute approximate surface area is 155 Å². The summed E-state index contributed by atoms with van der Waals surface area (Å²) < 4.78 is 5.40. The number of anilines is 1. The van der Waals surface area contributed by atoms with Gasteiger partial charge in [-0.1, -0.05) is 30.3 Å². The van der Waals surface area contributed by atoms with E-state index in [0.29, 0.717) is 5.56 Å². The smallest absolute Gasteiger partial charge is 0.190 e. The number of nitrogens with one attached hydrogen (secondary N) is 1. The van der Waals surface area contributed by atoms with Crippen LogP contribution in [0.1, 0.15) is 22.8 Å². The number of benzene rings is 2. The summed E-state index contributed by atoms with van der Waals surface area (Å²) in [5.74, 6) is 0.0595. The molecule has 1 atom stereocenters. The van der Waals surface area contributed by atoms with Gasteiger partial charge in [0.25, 0.3) is 0 Å². The van der Waals surface area contributed by atoms with Gasteiger partial charge in [-0.3, -0.25) is 4.79 Å². The van der Waals surface area contributed by atoms with Gasteiger partial charge in [0.1, 0.15) is 0 Å². The third-order valence-electron chi connectivity index (χ3n) is 4.79. The summed E-state index contributed by atoms with van der Waals surface area (Å²) in [4.78, 5) is 15.4. The van der Waals surface area contributed by atoms with E-state index in [0.717, 1.165) is 43.1 Å². The average molecular weight is 350 g/mol. The molecule has 1 N–H and O–H groups in total. The van der Waals surface area contributed by atoms with Crippen LogP contribution in [0.5, 0.6) is 0 Å². The number of nitrogens with zero attached hydrogens (tertiary/aromatic N) is 1. The highest BCUT2D eigenvalue weighted by atomic mass is 16.5. The van der Waals surface area contributed by atoms with Gasteiger partial charge in [-0.15, -0.1) is 0 Å². The van der Waals surface area contributed by atoms with E-state index < -0.39 is 0 Å². The van der Waals surface area contributed by atoms with Crippen molar-refractivity contribution in [3.63, 3.8) is 0 Å². The summed E-state index contributed by atoms with van der Waals surface area (Å²) in [6, 6.07) is 17.8. The lowest BCUT2D eigenvalue weighted by atomic mass is 9.95. The Kier molecular flexibility index (Phi) is 6.21. The Morgan fingerprint density at radius 3 is 2.35 bits per heavy atom. The molecule has 4 heteroatoms. The SMILES string of the molecule is CNC(C)C(=Cc1ccccc1)C(=O)c1ccc(N2CCOCC2)cc1. The zero-order valence-corrected chi connectivity index (χ0v) is 15.4. The van der Waals surface area contributed by atoms with Gasteiger partial charge >= 0.3 is 0 Å². The van der Waals surface area contributed by atoms with Crippen molar-refractivity contribution in [1.29, 1.82) is 0 Å². The quantitative estimate of drug-likeness (QED) is 0.640. The van der Waals surface area contributed by atoms with Crippen molar-refractivity contribution in [2.75, 3.05) is 38.3 Å². The minimum atomic E-state index is -0.0263. The van der Waals surface area contributed by atoms with Gasteiger partial charge in [0, 0.05) is 36.0 Å². The van der Waals surface area contributed by atoms with Crippen molar-refractivity contribution in [3.8, 4) is 0 Å². The summed E-state index contributed by atoms with van der Waals surface area (Å²) in [6.07, 6.45) is 1.97. The number of hydrogen-bond acceptors (Lipinski definition) is 4. The number of ether oxygens (including phenoxy) is 1. The first-order valence-electron chi connectivity index (χ1n) is 9.10. The second-order valence-corrected chi connectivity index (χ2v) is 6.50. The molecule has 1 heterocycles. The fourth-order valence-electron chi connectivity index (χ4n) is 3.08. The minimum Gasteiger partial charge on any atom is -0.378 e. The van der Waals surface area contributed by atoms with Crippen molar-refractivity contribution >= 4 is 17.5 Å². The van der Waals surface area contributed by atoms with Crippen LogP contribution >= 0.6 is 0 Å². The summed E-state index contributed by atoms with van der Waals surface area (Å²) in [5, 5.41) is 3.19. The van der Waals surface area contributed by atoms with Gasteiger partial charge < -0.3 is 15.0 Å². The van der Waals surface area contributed by atoms with Crippen LogP contribution in [0.3, 0.4) is 0 Å². The Balaban J connectivity index is 1.83. The van der Waals surface area contributed by atoms with E-state index in [1.54, 1.807) is 0 Å². The lowest BCUT2D eigenvalue weighted by molar-refractivity contribution is 0.102. The second-order valence-electron chi connectivity index (χ2n) is 6.50. The third-order valence-corrected chi connectivity index (χ3v) is 4.79. The lowest BCUT2D eigenvalue weighted by Gasteiger charge is -2.29. The van der Waals surface area contributed by atoms with E-state index in [-0.39, 0.29) is 11.8 Å². The standard InChI is InChI=1S/C22H26N2O2/c1-17(23-2)21(16-18-6-4-3-5-7-18)22(25)19-8-10-20(11-9-19)24-12-14-26-15-13-24/h3-11,16-17,23H,12-15H2,1-2H3. The predicted octanol–water partition coefficient (Wildman–Crippen LogP) is 3.40. The molecule has 0 aromatic heterocycles. The van der Waals surface area contributed by atoms with Gasteiger partial charge in [-0.05, 0) is 49.9 Å². The van der Waals surface area contributed by atoms with E-state index >= 15 is 0 Å². The first-order valence-corrected chi connectivity index (χ1v) is 9.10. The van der Waals surface area contributed by atoms with Crippen molar-refractivity contribution in [3.05, 3.63) is 71.3 Å². The molecule has 2 aromatic carbocycles. The topological polar surface area (TPSA) is 41.6 Å². The Bertz CT molecular complexity index is 747. The number of likely N-dealkylation sites (N-methyl/N-ethyl adjacent to an activating group) is 1. The maximum absolute atomic E-state index is 13.1. The second kappa shape index (κ2) is 8.79. The fraction of sp³-hybridized carbons (Fsp3) is 0.318. The third kappa shape index (κ3) is 4.40. The van der Waals surface area contributed by atoms with Gasteiger partial charge in [0.05, 0.1) is 13.2 Å². The summed E-state index contributed by atoms with van der Waals surface area (Å²) in [7, 11) is 1.87. The number of morpholine rings is 1. The summed E-state index contributed by atoms with van der Waals surface area (Å²) in [5.41, 5.74) is 3.65. The van der Waals surface area contributed by atoms with Crippen LogP contribution in [0, 0.1) is 0 Å². The van der Waals surface area contributed by atoms with Crippen molar-refractivity contribution < 1.29 is 9.53 Å². The highest BCUT2D eigenvalue weighted by Crippen LogP contribution is 2.20. The molecule has 26 heavy (non-hydrogen) atoms. The molecule has 3 rings (SSSR count). The summed E-state index contributed by atoms with van der Waals surface area (Å²) in [6.45, 7) is 5.30. The zero-order valence-electron chi connectivity index (χ0n) is 15.4. The molecule has 2 aromatic rings. The van der Waals surface area contributed by atoms with Gasteiger partial charge in [-0.2, -0.15) is 0 Å². The van der Waals surface area contributed by atoms with Crippen LogP contribution in [0.25, 0.3) is 6.08 Å². The van der Waals surface area contributed by atoms with E-state index in [2.05, 4.69) is 10.2 Å². The fourth-order valence-corrected chi connectivity index (χ4v) is 3.08. The van der Waals surface area contributed by atoms with Crippen LogP contribution in [-0.2, 0) is 4.74 Å². The van der Waals surface area contributed by atoms with Crippen LogP contribution in [0.2, 0.25) is 0 Å². The molecule has 136 valence electrons. The van der Waals surface area contributed by atoms with E-state index in [9.17, 15) is 4.79 Å². The molecule has 1 unspecified atom stereocenters. The van der Waals surface area contributed by atoms with Crippen molar-refractivity contribution in [2.24, 2.45) is 0 Å². The van der Waals surface area contributed by atoms with Crippen LogP contribution < -0.4 is 10.2 Å². The monoisotopic (exact) mass is 350 g/mol. The molecule has 0 spiro atoms. The molecule has 1 saturated heterocycles. The number of ketones is 1. The number of carbonyl (C=O) groups is 1. The maximum Gasteiger partial charge on any atom is 0.190 e. The van der Waals surface area contributed by atoms with E-state index in [4.69, 9.17) is 4.74 Å². The molecule has 4 nitrogen and oxygen atoms in total. The van der Waals surface area contributed by atoms with E-state index in [1.165, 1.54) is 0 Å². The molecule has 0 radical (unpaired) electrons. The highest BCUT2D eigenvalue weighted by molar-refractivity contribution is 6.12. The molecule has 0 saturated carbocycles. The summed E-state index contributed by atoms with van der Waals surface area (Å²) >= 11 is 0. The molecule has 1 fully saturated rings. The molecule has 1 aliphatic rings. The normalized spacial score (nSPS) is 16.4. The Morgan fingerprint density at radius 2 is 1.73 bits per heavy atom. The predicted molar refractivity (Wildman–Crippen MR) is 107 cm³/mol. The average Bonchev–Trinajstić information content (AvgIpc) is 2.72. The molecule has 0 amide bonds. The lowest BCUT2D eigenvalue weighted by Crippen LogP contribution is -2.36. The van der Waals surface area contributed by atoms with Crippen molar-refractivity contribution in [1.82, 2.24) is 5.32 Å². The van der Waals surface area contributed by atoms with Crippen molar-refractivity contribution in [2.45, 2.75) is 13.0 Å². The highest BCUT2D eigenvalue weighted by Gasteiger charge is 2.18. The van der Waals surface area contributed by atoms with Gasteiger partial charge in [-0.25, -0.2) is 0 Å². The first-order chi connectivity index (χ1) is 12.7. The van der Waals surface area contributed by atoms with Gasteiger partial charge in [0.2, 0.25) is 0 Å². The largest absolute Gasteiger partial charge is 0.378 e. The van der Waals surface area contributed by atoms with Gasteiger partial charge in [0.15, 0.2) is 5.78 Å². The number of rotatable bonds is 6. The molecule has 1 aliphatic heterocycles. The number of carbonyl (C=O) groups excluding carboxylic acids is 1. The molecular formula is C22H26N2O2. The van der Waals surface area contributed by atoms with Crippen LogP contribution in [0.15, 0.2) is 60.2 Å².